The summed E-state index contributed by atoms with van der Waals surface area (Å²) in [6.07, 6.45) is 8.42. The lowest BCUT2D eigenvalue weighted by Gasteiger charge is -2.22. The molecule has 0 saturated carbocycles. The van der Waals surface area contributed by atoms with Crippen molar-refractivity contribution >= 4 is 51.2 Å². The Morgan fingerprint density at radius 2 is 1.84 bits per heavy atom. The van der Waals surface area contributed by atoms with Crippen LogP contribution < -0.4 is 0 Å². The van der Waals surface area contributed by atoms with Gasteiger partial charge in [-0.05, 0) is 65.7 Å². The van der Waals surface area contributed by atoms with Crippen LogP contribution in [0.5, 0.6) is 0 Å². The summed E-state index contributed by atoms with van der Waals surface area (Å²) in [5, 5.41) is 17.0. The molecule has 0 unspecified atom stereocenters. The van der Waals surface area contributed by atoms with Crippen molar-refractivity contribution in [1.82, 2.24) is 25.4 Å². The third-order valence-electron chi connectivity index (χ3n) is 5.04. The van der Waals surface area contributed by atoms with Crippen LogP contribution in [0.15, 0.2) is 22.9 Å². The molecular formula is C18H176BrN5S. The SMILES string of the molecule is Cc1[nH]ncc1-c1nc2c(Br)cc3[nH]ncc3c2c2c1CCCC2.S.[HH].[HH].[HH].[HH].[HH].[HH].[HH].[HH].[HH].[HH].[HH].[HH].[HH].[HH].[HH].[HH].[HH].[HH].[HH].[HH].[HH].[HH].[HH].[HH].[HH].[HH].[HH].[HH].[HH].[HH].[HH].[HH].[HH].[HH].[HH].[HH].[HH].[HH].[HH].[HH].[HH].[HH].[HH].[HH].[HH].[HH].[HH].[HH].[HH].[HH].[HH].[HH].[HH].[HH].[HH].[HH].[HH].[HH].[HH].[HH].[HH].[HH].[HH].[HH].[HH].[HH].[HH].[HH].[HH].[HH].[HH].[HH].[HH].[HH].[HH].[HH].[HH].[HH].[HH]. The van der Waals surface area contributed by atoms with Crippen LogP contribution in [0.25, 0.3) is 33.1 Å². The van der Waals surface area contributed by atoms with Crippen LogP contribution in [0.4, 0.5) is 0 Å². The first-order valence-electron chi connectivity index (χ1n) is 8.21. The average molecular weight is 576 g/mol. The van der Waals surface area contributed by atoms with E-state index in [0.717, 1.165) is 50.7 Å². The number of rotatable bonds is 1. The maximum atomic E-state index is 5.07. The largest absolute Gasteiger partial charge is 0.282 e. The zero-order valence-electron chi connectivity index (χ0n) is 13.8. The molecule has 3 heterocycles. The van der Waals surface area contributed by atoms with Gasteiger partial charge < -0.3 is 0 Å². The molecule has 0 saturated heterocycles. The molecule has 1 aromatic carbocycles. The summed E-state index contributed by atoms with van der Waals surface area (Å²) in [6, 6.07) is 2.07. The minimum atomic E-state index is 0. The number of aromatic nitrogens is 5. The molecular weight excluding hydrogens is 398 g/mol. The van der Waals surface area contributed by atoms with E-state index >= 15 is 0 Å². The molecule has 3 aromatic heterocycles. The number of fused-ring (bicyclic) bond motifs is 5. The van der Waals surface area contributed by atoms with Crippen molar-refractivity contribution in [3.63, 3.8) is 0 Å². The lowest BCUT2D eigenvalue weighted by Crippen LogP contribution is -2.08. The first-order valence-corrected chi connectivity index (χ1v) is 9.00. The standard InChI is InChI=1S/C18H16BrN5.H2S.79H2/c1-9-12(7-20-23-9)17-11-5-3-2-4-10(11)16-13-8-21-24-15(13)6-14(19)18(16)22-17;;;;;;;;;;;;;;;;;;;;;;;;;;;;;;;;;;;;;;;;;;;;;;;;;;;;;;;;;;;;;;;;;;;;;;;;;;;;;;;;/h6-8H,2-5H2,1H3,(H,20,23)(H,21,24);1H2;79*1H. The van der Waals surface area contributed by atoms with Crippen LogP contribution in [0.2, 0.25) is 0 Å². The van der Waals surface area contributed by atoms with Gasteiger partial charge in [0.15, 0.2) is 0 Å². The zero-order chi connectivity index (χ0) is 16.3. The molecule has 0 spiro atoms. The summed E-state index contributed by atoms with van der Waals surface area (Å²) in [5.41, 5.74) is 8.11. The molecule has 0 atom stereocenters. The molecule has 0 fully saturated rings. The van der Waals surface area contributed by atoms with Gasteiger partial charge in [-0.25, -0.2) is 4.98 Å². The van der Waals surface area contributed by atoms with Crippen molar-refractivity contribution in [1.29, 1.82) is 0 Å². The molecule has 25 heavy (non-hydrogen) atoms. The number of aromatic amines is 2. The number of hydrogen-bond acceptors (Lipinski definition) is 3. The van der Waals surface area contributed by atoms with Gasteiger partial charge in [-0.15, -0.1) is 0 Å². The van der Waals surface area contributed by atoms with E-state index in [1.165, 1.54) is 29.4 Å². The van der Waals surface area contributed by atoms with Gasteiger partial charge in [0.05, 0.1) is 29.1 Å². The van der Waals surface area contributed by atoms with E-state index in [4.69, 9.17) is 4.98 Å². The molecule has 0 amide bonds. The van der Waals surface area contributed by atoms with Crippen molar-refractivity contribution < 1.29 is 113 Å². The van der Waals surface area contributed by atoms with E-state index < -0.39 is 0 Å². The summed E-state index contributed by atoms with van der Waals surface area (Å²) in [6.45, 7) is 2.05. The third-order valence-corrected chi connectivity index (χ3v) is 5.64. The third kappa shape index (κ3) is 2.40. The van der Waals surface area contributed by atoms with E-state index in [1.54, 1.807) is 0 Å². The maximum Gasteiger partial charge on any atom is 0.0862 e. The van der Waals surface area contributed by atoms with Gasteiger partial charge in [0.25, 0.3) is 0 Å². The van der Waals surface area contributed by atoms with Gasteiger partial charge in [0, 0.05) is 139 Å². The molecule has 0 radical (unpaired) electrons. The topological polar surface area (TPSA) is 70.2 Å². The van der Waals surface area contributed by atoms with Crippen LogP contribution >= 0.6 is 29.4 Å². The minimum Gasteiger partial charge on any atom is -0.282 e. The van der Waals surface area contributed by atoms with Gasteiger partial charge >= 0.3 is 0 Å². The van der Waals surface area contributed by atoms with Crippen LogP contribution in [0, 0.1) is 6.92 Å². The Balaban J connectivity index is -0.00000000132. The second kappa shape index (κ2) is 6.14. The van der Waals surface area contributed by atoms with Gasteiger partial charge in [0.1, 0.15) is 0 Å². The summed E-state index contributed by atoms with van der Waals surface area (Å²) >= 11 is 3.71. The van der Waals surface area contributed by atoms with Gasteiger partial charge in [0.2, 0.25) is 0 Å². The lowest BCUT2D eigenvalue weighted by atomic mass is 9.85. The van der Waals surface area contributed by atoms with Crippen LogP contribution in [0.3, 0.4) is 0 Å². The molecule has 0 aliphatic heterocycles. The van der Waals surface area contributed by atoms with Gasteiger partial charge in [-0.1, -0.05) is 0 Å². The second-order valence-corrected chi connectivity index (χ2v) is 7.30. The van der Waals surface area contributed by atoms with Crippen LogP contribution in [-0.4, -0.2) is 25.4 Å². The van der Waals surface area contributed by atoms with Crippen molar-refractivity contribution in [2.24, 2.45) is 0 Å². The lowest BCUT2D eigenvalue weighted by molar-refractivity contribution is 0.689. The number of nitrogens with one attached hydrogen (secondary N) is 2. The number of hydrogen-bond donors (Lipinski definition) is 2. The molecule has 7 heteroatoms. The highest BCUT2D eigenvalue weighted by Crippen LogP contribution is 2.40. The van der Waals surface area contributed by atoms with Crippen molar-refractivity contribution in [3.05, 3.63) is 39.8 Å². The monoisotopic (exact) mass is 574 g/mol. The van der Waals surface area contributed by atoms with E-state index in [9.17, 15) is 0 Å². The fourth-order valence-electron chi connectivity index (χ4n) is 3.90. The Labute approximate surface area is 277 Å². The predicted octanol–water partition coefficient (Wildman–Crippen LogP) is 24.0. The van der Waals surface area contributed by atoms with Gasteiger partial charge in [-0.3, -0.25) is 10.2 Å². The van der Waals surface area contributed by atoms with Gasteiger partial charge in [-0.2, -0.15) is 23.7 Å². The summed E-state index contributed by atoms with van der Waals surface area (Å²) in [5.74, 6) is 0. The highest BCUT2D eigenvalue weighted by molar-refractivity contribution is 9.10. The van der Waals surface area contributed by atoms with Crippen LogP contribution in [-0.2, 0) is 12.8 Å². The quantitative estimate of drug-likeness (QED) is 0.237. The van der Waals surface area contributed by atoms with Crippen molar-refractivity contribution in [3.8, 4) is 11.3 Å². The summed E-state index contributed by atoms with van der Waals surface area (Å²) in [4.78, 5) is 5.07. The molecule has 286 valence electrons. The first kappa shape index (κ1) is 16.6. The number of halogens is 1. The highest BCUT2D eigenvalue weighted by Gasteiger charge is 2.23. The number of nitrogens with zero attached hydrogens (tertiary/aromatic N) is 3. The number of aryl methyl sites for hydroxylation is 2. The summed E-state index contributed by atoms with van der Waals surface area (Å²) < 4.78 is 1.00. The Kier molecular flexibility index (Phi) is 4.08. The second-order valence-electron chi connectivity index (χ2n) is 6.45. The predicted molar refractivity (Wildman–Crippen MR) is 275 cm³/mol. The fraction of sp³-hybridized carbons (Fsp3) is 0.278. The molecule has 1 aliphatic carbocycles. The Morgan fingerprint density at radius 1 is 1.08 bits per heavy atom. The van der Waals surface area contributed by atoms with E-state index in [0.29, 0.717) is 0 Å². The average Bonchev–Trinajstić information content (AvgIpc) is 3.22. The number of benzene rings is 1. The molecule has 2 N–H and O–H groups in total. The molecule has 5 nitrogen and oxygen atoms in total. The molecule has 5 rings (SSSR count). The van der Waals surface area contributed by atoms with E-state index in [-0.39, 0.29) is 126 Å². The fourth-order valence-corrected chi connectivity index (χ4v) is 4.41. The molecule has 1 aliphatic rings. The number of pyridine rings is 1. The molecule has 0 bridgehead atoms. The molecule has 4 aromatic rings. The van der Waals surface area contributed by atoms with E-state index in [1.807, 2.05) is 12.4 Å². The Hall–Kier alpha value is -1.86. The van der Waals surface area contributed by atoms with E-state index in [2.05, 4.69) is 49.3 Å². The zero-order valence-corrected chi connectivity index (χ0v) is 16.4. The normalized spacial score (nSPS) is 13.8. The smallest absolute Gasteiger partial charge is 0.0862 e. The maximum absolute atomic E-state index is 5.07. The van der Waals surface area contributed by atoms with Crippen molar-refractivity contribution in [2.75, 3.05) is 0 Å². The van der Waals surface area contributed by atoms with Crippen LogP contribution in [0.1, 0.15) is 142 Å². The highest BCUT2D eigenvalue weighted by atomic mass is 79.9. The Morgan fingerprint density at radius 3 is 2.60 bits per heavy atom. The first-order chi connectivity index (χ1) is 11.7. The minimum absolute atomic E-state index is 0. The Bertz CT molecular complexity index is 1180. The number of H-pyrrole nitrogens is 2. The summed E-state index contributed by atoms with van der Waals surface area (Å²) in [7, 11) is 0. The van der Waals surface area contributed by atoms with Crippen molar-refractivity contribution in [2.45, 2.75) is 32.6 Å².